The van der Waals surface area contributed by atoms with Gasteiger partial charge in [-0.05, 0) is 12.0 Å². The first-order chi connectivity index (χ1) is 8.33. The number of carbonyl (C=O) groups is 1. The summed E-state index contributed by atoms with van der Waals surface area (Å²) in [6.45, 7) is 0. The molecule has 0 unspecified atom stereocenters. The molecule has 0 bridgehead atoms. The van der Waals surface area contributed by atoms with E-state index in [0.717, 1.165) is 9.87 Å². The zero-order chi connectivity index (χ0) is 13.8. The Morgan fingerprint density at radius 2 is 1.89 bits per heavy atom. The predicted molar refractivity (Wildman–Crippen MR) is 66.8 cm³/mol. The average Bonchev–Trinajstić information content (AvgIpc) is 2.29. The highest BCUT2D eigenvalue weighted by Gasteiger charge is 2.24. The summed E-state index contributed by atoms with van der Waals surface area (Å²) in [6.07, 6.45) is 0.225. The summed E-state index contributed by atoms with van der Waals surface area (Å²) >= 11 is 0. The molecule has 0 aliphatic rings. The van der Waals surface area contributed by atoms with Crippen LogP contribution in [0.1, 0.15) is 5.56 Å². The van der Waals surface area contributed by atoms with Gasteiger partial charge in [-0.2, -0.15) is 12.7 Å². The molecule has 0 aromatic heterocycles. The number of benzene rings is 1. The van der Waals surface area contributed by atoms with Crippen molar-refractivity contribution in [2.24, 2.45) is 5.73 Å². The Balaban J connectivity index is 2.63. The van der Waals surface area contributed by atoms with Crippen LogP contribution in [0.4, 0.5) is 0 Å². The largest absolute Gasteiger partial charge is 0.387 e. The average molecular weight is 272 g/mol. The lowest BCUT2D eigenvalue weighted by molar-refractivity contribution is -0.135. The highest BCUT2D eigenvalue weighted by Crippen LogP contribution is 2.05. The predicted octanol–water partition coefficient (Wildman–Crippen LogP) is -0.0940. The Labute approximate surface area is 107 Å². The second-order valence-corrected chi connectivity index (χ2v) is 5.69. The number of hydrogen-bond donors (Lipinski definition) is 1. The third kappa shape index (κ3) is 4.10. The molecule has 0 amide bonds. The Bertz CT molecular complexity index is 499. The van der Waals surface area contributed by atoms with Crippen LogP contribution >= 0.6 is 0 Å². The van der Waals surface area contributed by atoms with Crippen LogP contribution < -0.4 is 5.73 Å². The molecule has 18 heavy (non-hydrogen) atoms. The van der Waals surface area contributed by atoms with Gasteiger partial charge in [0.15, 0.2) is 0 Å². The molecular formula is C11H16N2O4S. The monoisotopic (exact) mass is 272 g/mol. The van der Waals surface area contributed by atoms with Crippen molar-refractivity contribution >= 4 is 16.3 Å². The quantitative estimate of drug-likeness (QED) is 0.809. The maximum Gasteiger partial charge on any atom is 0.387 e. The zero-order valence-electron chi connectivity index (χ0n) is 10.2. The van der Waals surface area contributed by atoms with Crippen molar-refractivity contribution in [3.05, 3.63) is 35.9 Å². The van der Waals surface area contributed by atoms with Gasteiger partial charge < -0.3 is 9.92 Å². The van der Waals surface area contributed by atoms with E-state index in [-0.39, 0.29) is 6.42 Å². The molecule has 0 heterocycles. The number of hydrogen-bond acceptors (Lipinski definition) is 5. The fourth-order valence-corrected chi connectivity index (χ4v) is 1.67. The SMILES string of the molecule is CN(C)S(=O)(=O)OC(=O)[C@@H](N)Cc1ccccc1. The van der Waals surface area contributed by atoms with E-state index < -0.39 is 22.3 Å². The van der Waals surface area contributed by atoms with E-state index in [1.54, 1.807) is 12.1 Å². The molecule has 1 aromatic rings. The van der Waals surface area contributed by atoms with Gasteiger partial charge in [0.25, 0.3) is 0 Å². The summed E-state index contributed by atoms with van der Waals surface area (Å²) in [5.41, 5.74) is 6.44. The van der Waals surface area contributed by atoms with Crippen molar-refractivity contribution in [1.29, 1.82) is 0 Å². The van der Waals surface area contributed by atoms with Gasteiger partial charge in [-0.1, -0.05) is 30.3 Å². The first kappa shape index (κ1) is 14.6. The van der Waals surface area contributed by atoms with Crippen molar-refractivity contribution in [2.45, 2.75) is 12.5 Å². The summed E-state index contributed by atoms with van der Waals surface area (Å²) in [6, 6.07) is 8.04. The van der Waals surface area contributed by atoms with E-state index in [1.165, 1.54) is 14.1 Å². The first-order valence-corrected chi connectivity index (χ1v) is 6.64. The van der Waals surface area contributed by atoms with Crippen LogP contribution in [-0.2, 0) is 25.7 Å². The van der Waals surface area contributed by atoms with E-state index in [1.807, 2.05) is 18.2 Å². The Morgan fingerprint density at radius 3 is 2.39 bits per heavy atom. The van der Waals surface area contributed by atoms with Crippen LogP contribution in [-0.4, -0.2) is 38.8 Å². The maximum absolute atomic E-state index is 11.5. The zero-order valence-corrected chi connectivity index (χ0v) is 11.1. The molecule has 0 aliphatic heterocycles. The fourth-order valence-electron chi connectivity index (χ4n) is 1.19. The molecule has 1 aromatic carbocycles. The van der Waals surface area contributed by atoms with E-state index in [4.69, 9.17) is 5.73 Å². The van der Waals surface area contributed by atoms with Crippen LogP contribution in [0.15, 0.2) is 30.3 Å². The second-order valence-electron chi connectivity index (χ2n) is 3.94. The maximum atomic E-state index is 11.5. The van der Waals surface area contributed by atoms with Gasteiger partial charge in [0, 0.05) is 14.1 Å². The lowest BCUT2D eigenvalue weighted by Gasteiger charge is -2.14. The highest BCUT2D eigenvalue weighted by atomic mass is 32.2. The molecule has 0 radical (unpaired) electrons. The van der Waals surface area contributed by atoms with Crippen molar-refractivity contribution in [3.63, 3.8) is 0 Å². The molecule has 1 rings (SSSR count). The first-order valence-electron chi connectivity index (χ1n) is 5.28. The van der Waals surface area contributed by atoms with E-state index in [9.17, 15) is 13.2 Å². The van der Waals surface area contributed by atoms with Gasteiger partial charge in [-0.25, -0.2) is 4.79 Å². The summed E-state index contributed by atoms with van der Waals surface area (Å²) in [7, 11) is -1.49. The minimum Gasteiger partial charge on any atom is -0.332 e. The van der Waals surface area contributed by atoms with Crippen molar-refractivity contribution in [3.8, 4) is 0 Å². The Hall–Kier alpha value is -1.44. The summed E-state index contributed by atoms with van der Waals surface area (Å²) in [4.78, 5) is 11.5. The normalized spacial score (nSPS) is 13.3. The van der Waals surface area contributed by atoms with Crippen LogP contribution in [0.25, 0.3) is 0 Å². The van der Waals surface area contributed by atoms with Gasteiger partial charge in [-0.15, -0.1) is 0 Å². The molecule has 0 fully saturated rings. The summed E-state index contributed by atoms with van der Waals surface area (Å²) in [5, 5.41) is 0. The van der Waals surface area contributed by atoms with Crippen LogP contribution in [0.2, 0.25) is 0 Å². The summed E-state index contributed by atoms with van der Waals surface area (Å²) in [5.74, 6) is -0.965. The molecule has 0 aliphatic carbocycles. The fraction of sp³-hybridized carbons (Fsp3) is 0.364. The second kappa shape index (κ2) is 5.94. The molecular weight excluding hydrogens is 256 g/mol. The van der Waals surface area contributed by atoms with Crippen molar-refractivity contribution < 1.29 is 17.4 Å². The Kier molecular flexibility index (Phi) is 4.83. The Morgan fingerprint density at radius 1 is 1.33 bits per heavy atom. The van der Waals surface area contributed by atoms with Crippen molar-refractivity contribution in [2.75, 3.05) is 14.1 Å². The highest BCUT2D eigenvalue weighted by molar-refractivity contribution is 7.84. The van der Waals surface area contributed by atoms with Gasteiger partial charge in [0.05, 0.1) is 0 Å². The van der Waals surface area contributed by atoms with E-state index in [0.29, 0.717) is 0 Å². The molecule has 0 saturated heterocycles. The lowest BCUT2D eigenvalue weighted by atomic mass is 10.1. The smallest absolute Gasteiger partial charge is 0.332 e. The van der Waals surface area contributed by atoms with Crippen LogP contribution in [0.3, 0.4) is 0 Å². The topological polar surface area (TPSA) is 89.7 Å². The summed E-state index contributed by atoms with van der Waals surface area (Å²) < 4.78 is 27.8. The molecule has 7 heteroatoms. The van der Waals surface area contributed by atoms with Crippen molar-refractivity contribution in [1.82, 2.24) is 4.31 Å². The lowest BCUT2D eigenvalue weighted by Crippen LogP contribution is -2.38. The number of carbonyl (C=O) groups excluding carboxylic acids is 1. The van der Waals surface area contributed by atoms with Gasteiger partial charge in [-0.3, -0.25) is 0 Å². The van der Waals surface area contributed by atoms with Crippen LogP contribution in [0, 0.1) is 0 Å². The molecule has 0 spiro atoms. The minimum absolute atomic E-state index is 0.225. The molecule has 100 valence electrons. The molecule has 0 saturated carbocycles. The third-order valence-electron chi connectivity index (χ3n) is 2.24. The van der Waals surface area contributed by atoms with Gasteiger partial charge in [0.1, 0.15) is 6.04 Å². The van der Waals surface area contributed by atoms with E-state index >= 15 is 0 Å². The standard InChI is InChI=1S/C11H16N2O4S/c1-13(2)18(15,16)17-11(14)10(12)8-9-6-4-3-5-7-9/h3-7,10H,8,12H2,1-2H3/t10-/m0/s1. The molecule has 1 atom stereocenters. The number of nitrogens with two attached hydrogens (primary N) is 1. The van der Waals surface area contributed by atoms with Gasteiger partial charge in [0.2, 0.25) is 0 Å². The minimum atomic E-state index is -4.03. The molecule has 6 nitrogen and oxygen atoms in total. The number of nitrogens with zero attached hydrogens (tertiary/aromatic N) is 1. The van der Waals surface area contributed by atoms with Crippen LogP contribution in [0.5, 0.6) is 0 Å². The van der Waals surface area contributed by atoms with Gasteiger partial charge >= 0.3 is 16.3 Å². The third-order valence-corrected chi connectivity index (χ3v) is 3.51. The van der Waals surface area contributed by atoms with E-state index in [2.05, 4.69) is 4.18 Å². The molecule has 2 N–H and O–H groups in total. The number of rotatable bonds is 5.